The number of H-pyrrole nitrogens is 1. The Morgan fingerprint density at radius 3 is 2.73 bits per heavy atom. The molecule has 0 amide bonds. The first-order chi connectivity index (χ1) is 14.5. The summed E-state index contributed by atoms with van der Waals surface area (Å²) < 4.78 is 0. The lowest BCUT2D eigenvalue weighted by Crippen LogP contribution is -2.30. The summed E-state index contributed by atoms with van der Waals surface area (Å²) in [5.74, 6) is -0.260. The number of azide groups is 1. The van der Waals surface area contributed by atoms with Gasteiger partial charge in [0.15, 0.2) is 0 Å². The lowest BCUT2D eigenvalue weighted by atomic mass is 9.78. The fraction of sp³-hybridized carbons (Fsp3) is 0.455. The number of carboxylic acid groups (broad SMARTS) is 1. The Bertz CT molecular complexity index is 1060. The van der Waals surface area contributed by atoms with E-state index in [4.69, 9.17) is 5.53 Å². The third-order valence-corrected chi connectivity index (χ3v) is 6.52. The van der Waals surface area contributed by atoms with Crippen LogP contribution in [-0.2, 0) is 6.42 Å². The highest BCUT2D eigenvalue weighted by atomic mass is 16.4. The third kappa shape index (κ3) is 3.66. The van der Waals surface area contributed by atoms with Crippen molar-refractivity contribution in [2.45, 2.75) is 38.6 Å². The van der Waals surface area contributed by atoms with Gasteiger partial charge in [0, 0.05) is 29.7 Å². The lowest BCUT2D eigenvalue weighted by molar-refractivity contribution is 0.0695. The molecule has 2 heterocycles. The van der Waals surface area contributed by atoms with Gasteiger partial charge in [0.1, 0.15) is 5.56 Å². The molecule has 2 fully saturated rings. The number of fused-ring (bicyclic) bond motifs is 1. The second kappa shape index (κ2) is 8.24. The van der Waals surface area contributed by atoms with Gasteiger partial charge in [-0.3, -0.25) is 4.79 Å². The van der Waals surface area contributed by atoms with Crippen LogP contribution in [0.4, 0.5) is 5.69 Å². The van der Waals surface area contributed by atoms with Crippen molar-refractivity contribution in [2.24, 2.45) is 17.0 Å². The number of rotatable bonds is 5. The normalized spacial score (nSPS) is 23.0. The summed E-state index contributed by atoms with van der Waals surface area (Å²) in [6.07, 6.45) is 3.87. The Kier molecular flexibility index (Phi) is 5.50. The number of aromatic carboxylic acids is 1. The zero-order valence-electron chi connectivity index (χ0n) is 16.9. The SMILES string of the molecule is CCc1cc(C(=O)O)c(=O)[nH]c1-c1ccc(N2C[C@H]3CCCC(N=[N+]=[N-])[C@H]3C2)cc1. The molecule has 0 radical (unpaired) electrons. The number of pyridine rings is 1. The van der Waals surface area contributed by atoms with Crippen LogP contribution in [0.3, 0.4) is 0 Å². The van der Waals surface area contributed by atoms with Crippen LogP contribution >= 0.6 is 0 Å². The average molecular weight is 407 g/mol. The number of aryl methyl sites for hydroxylation is 1. The first-order valence-corrected chi connectivity index (χ1v) is 10.4. The molecule has 30 heavy (non-hydrogen) atoms. The predicted molar refractivity (Wildman–Crippen MR) is 115 cm³/mol. The van der Waals surface area contributed by atoms with Crippen LogP contribution in [0, 0.1) is 11.8 Å². The maximum atomic E-state index is 12.1. The van der Waals surface area contributed by atoms with Crippen molar-refractivity contribution in [3.05, 3.63) is 62.3 Å². The fourth-order valence-electron chi connectivity index (χ4n) is 4.97. The van der Waals surface area contributed by atoms with Crippen LogP contribution in [-0.4, -0.2) is 35.2 Å². The van der Waals surface area contributed by atoms with E-state index in [0.29, 0.717) is 24.0 Å². The molecule has 1 unspecified atom stereocenters. The minimum atomic E-state index is -1.22. The van der Waals surface area contributed by atoms with Gasteiger partial charge in [-0.1, -0.05) is 30.6 Å². The number of nitrogens with one attached hydrogen (secondary N) is 1. The first kappa shape index (κ1) is 20.0. The molecule has 2 N–H and O–H groups in total. The van der Waals surface area contributed by atoms with Crippen molar-refractivity contribution in [3.63, 3.8) is 0 Å². The molecule has 156 valence electrons. The highest BCUT2D eigenvalue weighted by molar-refractivity contribution is 5.88. The second-order valence-electron chi connectivity index (χ2n) is 8.15. The van der Waals surface area contributed by atoms with Gasteiger partial charge in [0.2, 0.25) is 0 Å². The number of hydrogen-bond donors (Lipinski definition) is 2. The van der Waals surface area contributed by atoms with Gasteiger partial charge >= 0.3 is 5.97 Å². The highest BCUT2D eigenvalue weighted by Crippen LogP contribution is 2.40. The Hall–Kier alpha value is -3.25. The maximum absolute atomic E-state index is 12.1. The van der Waals surface area contributed by atoms with Crippen LogP contribution in [0.15, 0.2) is 40.2 Å². The number of carboxylic acids is 1. The summed E-state index contributed by atoms with van der Waals surface area (Å²) in [4.78, 5) is 31.5. The summed E-state index contributed by atoms with van der Waals surface area (Å²) in [5, 5.41) is 13.2. The number of anilines is 1. The number of benzene rings is 1. The molecule has 0 bridgehead atoms. The Labute approximate surface area is 174 Å². The van der Waals surface area contributed by atoms with Crippen LogP contribution in [0.1, 0.15) is 42.1 Å². The molecule has 1 aliphatic heterocycles. The quantitative estimate of drug-likeness (QED) is 0.438. The molecule has 1 saturated heterocycles. The molecule has 0 spiro atoms. The minimum absolute atomic E-state index is 0.0861. The molecule has 1 saturated carbocycles. The molecule has 4 rings (SSSR count). The summed E-state index contributed by atoms with van der Waals surface area (Å²) in [6, 6.07) is 9.56. The standard InChI is InChI=1S/C22H25N5O3/c1-2-13-10-17(22(29)30)21(28)24-20(13)14-6-8-16(9-7-14)27-11-15-4-3-5-19(25-26-23)18(15)12-27/h6-10,15,18-19H,2-5,11-12H2,1H3,(H,24,28)(H,29,30)/t15-,18+,19?/m1/s1. The molecule has 1 aromatic heterocycles. The van der Waals surface area contributed by atoms with Gasteiger partial charge in [0.05, 0.1) is 5.69 Å². The van der Waals surface area contributed by atoms with Gasteiger partial charge < -0.3 is 15.0 Å². The molecule has 3 atom stereocenters. The average Bonchev–Trinajstić information content (AvgIpc) is 3.19. The van der Waals surface area contributed by atoms with Crippen LogP contribution in [0.5, 0.6) is 0 Å². The predicted octanol–water partition coefficient (Wildman–Crippen LogP) is 4.22. The van der Waals surface area contributed by atoms with E-state index in [-0.39, 0.29) is 11.6 Å². The van der Waals surface area contributed by atoms with Crippen LogP contribution in [0.25, 0.3) is 21.7 Å². The van der Waals surface area contributed by atoms with Crippen molar-refractivity contribution in [1.29, 1.82) is 0 Å². The van der Waals surface area contributed by atoms with Crippen molar-refractivity contribution in [3.8, 4) is 11.3 Å². The first-order valence-electron chi connectivity index (χ1n) is 10.4. The molecule has 2 aliphatic rings. The number of nitrogens with zero attached hydrogens (tertiary/aromatic N) is 4. The highest BCUT2D eigenvalue weighted by Gasteiger charge is 2.39. The second-order valence-corrected chi connectivity index (χ2v) is 8.15. The number of aromatic nitrogens is 1. The monoisotopic (exact) mass is 407 g/mol. The Morgan fingerprint density at radius 1 is 1.30 bits per heavy atom. The number of hydrogen-bond acceptors (Lipinski definition) is 4. The van der Waals surface area contributed by atoms with Crippen molar-refractivity contribution < 1.29 is 9.90 Å². The maximum Gasteiger partial charge on any atom is 0.341 e. The van der Waals surface area contributed by atoms with Gasteiger partial charge in [0.25, 0.3) is 5.56 Å². The summed E-state index contributed by atoms with van der Waals surface area (Å²) in [5.41, 5.74) is 11.5. The van der Waals surface area contributed by atoms with E-state index in [2.05, 4.69) is 19.9 Å². The van der Waals surface area contributed by atoms with Crippen molar-refractivity contribution in [1.82, 2.24) is 4.98 Å². The van der Waals surface area contributed by atoms with E-state index in [9.17, 15) is 14.7 Å². The smallest absolute Gasteiger partial charge is 0.341 e. The number of aromatic amines is 1. The van der Waals surface area contributed by atoms with Gasteiger partial charge in [-0.05, 0) is 66.0 Å². The van der Waals surface area contributed by atoms with Crippen LogP contribution in [0.2, 0.25) is 0 Å². The van der Waals surface area contributed by atoms with Crippen LogP contribution < -0.4 is 10.5 Å². The molecule has 8 heteroatoms. The Morgan fingerprint density at radius 2 is 2.07 bits per heavy atom. The topological polar surface area (TPSA) is 122 Å². The zero-order valence-corrected chi connectivity index (χ0v) is 16.9. The van der Waals surface area contributed by atoms with E-state index in [1.54, 1.807) is 0 Å². The van der Waals surface area contributed by atoms with Crippen molar-refractivity contribution in [2.75, 3.05) is 18.0 Å². The molecule has 8 nitrogen and oxygen atoms in total. The lowest BCUT2D eigenvalue weighted by Gasteiger charge is -2.29. The minimum Gasteiger partial charge on any atom is -0.477 e. The van der Waals surface area contributed by atoms with E-state index < -0.39 is 11.5 Å². The van der Waals surface area contributed by atoms with E-state index in [0.717, 1.165) is 42.7 Å². The van der Waals surface area contributed by atoms with Crippen molar-refractivity contribution >= 4 is 11.7 Å². The summed E-state index contributed by atoms with van der Waals surface area (Å²) >= 11 is 0. The Balaban J connectivity index is 1.58. The fourth-order valence-corrected chi connectivity index (χ4v) is 4.97. The summed E-state index contributed by atoms with van der Waals surface area (Å²) in [6.45, 7) is 3.78. The largest absolute Gasteiger partial charge is 0.477 e. The van der Waals surface area contributed by atoms with E-state index in [1.807, 2.05) is 31.2 Å². The zero-order chi connectivity index (χ0) is 21.3. The van der Waals surface area contributed by atoms with Gasteiger partial charge in [-0.15, -0.1) is 0 Å². The number of carbonyl (C=O) groups is 1. The molecular weight excluding hydrogens is 382 g/mol. The van der Waals surface area contributed by atoms with E-state index in [1.165, 1.54) is 12.5 Å². The van der Waals surface area contributed by atoms with Gasteiger partial charge in [-0.25, -0.2) is 4.79 Å². The third-order valence-electron chi connectivity index (χ3n) is 6.52. The van der Waals surface area contributed by atoms with E-state index >= 15 is 0 Å². The van der Waals surface area contributed by atoms with Gasteiger partial charge in [-0.2, -0.15) is 0 Å². The molecule has 2 aromatic rings. The molecular formula is C22H25N5O3. The summed E-state index contributed by atoms with van der Waals surface area (Å²) in [7, 11) is 0. The molecule has 1 aromatic carbocycles. The molecule has 1 aliphatic carbocycles.